The van der Waals surface area contributed by atoms with Crippen molar-refractivity contribution >= 4 is 0 Å². The van der Waals surface area contributed by atoms with Crippen molar-refractivity contribution in [2.75, 3.05) is 19.6 Å². The van der Waals surface area contributed by atoms with Gasteiger partial charge in [-0.1, -0.05) is 13.8 Å². The van der Waals surface area contributed by atoms with Crippen molar-refractivity contribution in [2.24, 2.45) is 11.1 Å². The lowest BCUT2D eigenvalue weighted by Crippen LogP contribution is -2.58. The number of rotatable bonds is 2. The van der Waals surface area contributed by atoms with Crippen LogP contribution in [0.25, 0.3) is 0 Å². The number of aliphatic hydroxyl groups excluding tert-OH is 1. The van der Waals surface area contributed by atoms with Crippen LogP contribution in [0.1, 0.15) is 34.1 Å². The number of nitrogens with two attached hydrogens (primary N) is 1. The minimum Gasteiger partial charge on any atom is -0.392 e. The molecular formula is C11H24N2O. The molecule has 1 aliphatic rings. The number of hydrogen-bond donors (Lipinski definition) is 2. The average Bonchev–Trinajstić information content (AvgIpc) is 2.09. The number of hydrogen-bond acceptors (Lipinski definition) is 3. The average molecular weight is 200 g/mol. The molecule has 0 aromatic heterocycles. The highest BCUT2D eigenvalue weighted by atomic mass is 16.3. The van der Waals surface area contributed by atoms with E-state index in [0.29, 0.717) is 6.54 Å². The highest BCUT2D eigenvalue weighted by Crippen LogP contribution is 2.32. The van der Waals surface area contributed by atoms with Gasteiger partial charge in [0.15, 0.2) is 0 Å². The van der Waals surface area contributed by atoms with Gasteiger partial charge >= 0.3 is 0 Å². The number of likely N-dealkylation sites (tertiary alicyclic amines) is 1. The van der Waals surface area contributed by atoms with Crippen LogP contribution in [-0.4, -0.2) is 41.3 Å². The molecule has 1 heterocycles. The van der Waals surface area contributed by atoms with Crippen molar-refractivity contribution < 1.29 is 5.11 Å². The Morgan fingerprint density at radius 3 is 2.50 bits per heavy atom. The molecule has 3 N–H and O–H groups in total. The molecule has 1 rings (SSSR count). The monoisotopic (exact) mass is 200 g/mol. The van der Waals surface area contributed by atoms with Gasteiger partial charge in [0, 0.05) is 30.6 Å². The second-order valence-corrected chi connectivity index (χ2v) is 5.73. The first-order chi connectivity index (χ1) is 6.29. The Hall–Kier alpha value is -0.120. The van der Waals surface area contributed by atoms with Crippen LogP contribution < -0.4 is 5.73 Å². The first kappa shape index (κ1) is 12.0. The second kappa shape index (κ2) is 3.80. The maximum Gasteiger partial charge on any atom is 0.0615 e. The molecule has 0 aromatic carbocycles. The van der Waals surface area contributed by atoms with Gasteiger partial charge in [-0.15, -0.1) is 0 Å². The van der Waals surface area contributed by atoms with Crippen LogP contribution in [-0.2, 0) is 0 Å². The highest BCUT2D eigenvalue weighted by molar-refractivity contribution is 4.93. The van der Waals surface area contributed by atoms with E-state index in [0.717, 1.165) is 19.5 Å². The summed E-state index contributed by atoms with van der Waals surface area (Å²) in [6.07, 6.45) is 0.684. The molecule has 0 spiro atoms. The smallest absolute Gasteiger partial charge is 0.0615 e. The normalized spacial score (nSPS) is 29.1. The minimum atomic E-state index is -0.174. The molecule has 1 atom stereocenters. The van der Waals surface area contributed by atoms with E-state index in [1.54, 1.807) is 0 Å². The third-order valence-electron chi connectivity index (χ3n) is 3.53. The highest BCUT2D eigenvalue weighted by Gasteiger charge is 2.39. The van der Waals surface area contributed by atoms with Crippen molar-refractivity contribution in [1.82, 2.24) is 4.90 Å². The van der Waals surface area contributed by atoms with Gasteiger partial charge in [-0.25, -0.2) is 0 Å². The third kappa shape index (κ3) is 2.27. The Kier molecular flexibility index (Phi) is 3.24. The van der Waals surface area contributed by atoms with Crippen molar-refractivity contribution in [3.05, 3.63) is 0 Å². The van der Waals surface area contributed by atoms with Crippen LogP contribution in [0.15, 0.2) is 0 Å². The Labute approximate surface area is 87.3 Å². The lowest BCUT2D eigenvalue weighted by molar-refractivity contribution is -0.0539. The molecule has 3 heteroatoms. The Balaban J connectivity index is 2.69. The van der Waals surface area contributed by atoms with E-state index in [-0.39, 0.29) is 17.1 Å². The molecule has 3 nitrogen and oxygen atoms in total. The van der Waals surface area contributed by atoms with Crippen LogP contribution in [0.5, 0.6) is 0 Å². The van der Waals surface area contributed by atoms with Crippen molar-refractivity contribution in [1.29, 1.82) is 0 Å². The van der Waals surface area contributed by atoms with E-state index in [1.165, 1.54) is 0 Å². The predicted molar refractivity (Wildman–Crippen MR) is 59.1 cm³/mol. The summed E-state index contributed by atoms with van der Waals surface area (Å²) in [7, 11) is 0. The first-order valence-electron chi connectivity index (χ1n) is 5.43. The third-order valence-corrected chi connectivity index (χ3v) is 3.53. The number of aliphatic hydroxyl groups is 1. The summed E-state index contributed by atoms with van der Waals surface area (Å²) in [5.74, 6) is 0. The van der Waals surface area contributed by atoms with Gasteiger partial charge in [-0.3, -0.25) is 4.90 Å². The molecule has 14 heavy (non-hydrogen) atoms. The van der Waals surface area contributed by atoms with E-state index < -0.39 is 0 Å². The number of nitrogens with zero attached hydrogens (tertiary/aromatic N) is 1. The van der Waals surface area contributed by atoms with E-state index in [4.69, 9.17) is 5.73 Å². The summed E-state index contributed by atoms with van der Waals surface area (Å²) >= 11 is 0. The van der Waals surface area contributed by atoms with E-state index in [1.807, 2.05) is 0 Å². The van der Waals surface area contributed by atoms with Crippen LogP contribution in [0.4, 0.5) is 0 Å². The quantitative estimate of drug-likeness (QED) is 0.694. The standard InChI is InChI=1S/C11H24N2O/c1-10(2)8-13(6-5-9(10)14)11(3,4)7-12/h9,14H,5-8,12H2,1-4H3. The van der Waals surface area contributed by atoms with Gasteiger partial charge in [0.05, 0.1) is 6.10 Å². The van der Waals surface area contributed by atoms with Gasteiger partial charge in [0.1, 0.15) is 0 Å². The van der Waals surface area contributed by atoms with Crippen molar-refractivity contribution in [3.63, 3.8) is 0 Å². The van der Waals surface area contributed by atoms with E-state index >= 15 is 0 Å². The van der Waals surface area contributed by atoms with Gasteiger partial charge in [-0.05, 0) is 20.3 Å². The summed E-state index contributed by atoms with van der Waals surface area (Å²) in [4.78, 5) is 2.39. The zero-order chi connectivity index (χ0) is 11.0. The summed E-state index contributed by atoms with van der Waals surface area (Å²) in [6.45, 7) is 11.1. The van der Waals surface area contributed by atoms with Gasteiger partial charge in [0.2, 0.25) is 0 Å². The van der Waals surface area contributed by atoms with Crippen molar-refractivity contribution in [2.45, 2.75) is 45.8 Å². The summed E-state index contributed by atoms with van der Waals surface area (Å²) in [6, 6.07) is 0. The topological polar surface area (TPSA) is 49.5 Å². The molecule has 1 aliphatic heterocycles. The van der Waals surface area contributed by atoms with E-state index in [2.05, 4.69) is 32.6 Å². The largest absolute Gasteiger partial charge is 0.392 e. The van der Waals surface area contributed by atoms with Gasteiger partial charge < -0.3 is 10.8 Å². The summed E-state index contributed by atoms with van der Waals surface area (Å²) in [5, 5.41) is 9.84. The molecule has 0 bridgehead atoms. The lowest BCUT2D eigenvalue weighted by Gasteiger charge is -2.48. The molecule has 0 amide bonds. The SMILES string of the molecule is CC1(C)CN(C(C)(C)CN)CCC1O. The fraction of sp³-hybridized carbons (Fsp3) is 1.00. The van der Waals surface area contributed by atoms with Crippen LogP contribution in [0.3, 0.4) is 0 Å². The summed E-state index contributed by atoms with van der Waals surface area (Å²) < 4.78 is 0. The molecular weight excluding hydrogens is 176 g/mol. The first-order valence-corrected chi connectivity index (χ1v) is 5.43. The molecule has 1 fully saturated rings. The Morgan fingerprint density at radius 1 is 1.50 bits per heavy atom. The van der Waals surface area contributed by atoms with Crippen LogP contribution >= 0.6 is 0 Å². The summed E-state index contributed by atoms with van der Waals surface area (Å²) in [5.41, 5.74) is 5.80. The fourth-order valence-corrected chi connectivity index (χ4v) is 1.99. The second-order valence-electron chi connectivity index (χ2n) is 5.73. The molecule has 0 radical (unpaired) electrons. The fourth-order valence-electron chi connectivity index (χ4n) is 1.99. The maximum absolute atomic E-state index is 9.84. The molecule has 1 unspecified atom stereocenters. The van der Waals surface area contributed by atoms with Gasteiger partial charge in [0.25, 0.3) is 0 Å². The Bertz CT molecular complexity index is 199. The number of piperidine rings is 1. The molecule has 84 valence electrons. The van der Waals surface area contributed by atoms with Crippen LogP contribution in [0.2, 0.25) is 0 Å². The minimum absolute atomic E-state index is 0.00924. The maximum atomic E-state index is 9.84. The van der Waals surface area contributed by atoms with Crippen molar-refractivity contribution in [3.8, 4) is 0 Å². The zero-order valence-electron chi connectivity index (χ0n) is 9.88. The molecule has 0 saturated carbocycles. The van der Waals surface area contributed by atoms with Crippen LogP contribution in [0, 0.1) is 5.41 Å². The zero-order valence-corrected chi connectivity index (χ0v) is 9.88. The molecule has 1 saturated heterocycles. The Morgan fingerprint density at radius 2 is 2.07 bits per heavy atom. The molecule has 0 aliphatic carbocycles. The van der Waals surface area contributed by atoms with E-state index in [9.17, 15) is 5.11 Å². The predicted octanol–water partition coefficient (Wildman–Crippen LogP) is 0.817. The molecule has 0 aromatic rings. The lowest BCUT2D eigenvalue weighted by atomic mass is 9.79. The van der Waals surface area contributed by atoms with Gasteiger partial charge in [-0.2, -0.15) is 0 Å².